The van der Waals surface area contributed by atoms with Crippen molar-refractivity contribution in [2.45, 2.75) is 36.7 Å². The van der Waals surface area contributed by atoms with E-state index >= 15 is 0 Å². The lowest BCUT2D eigenvalue weighted by atomic mass is 9.99. The third-order valence-corrected chi connectivity index (χ3v) is 10.8. The van der Waals surface area contributed by atoms with Gasteiger partial charge >= 0.3 is 0 Å². The average Bonchev–Trinajstić information content (AvgIpc) is 3.61. The number of carbonyl (C=O) groups excluding carboxylic acids is 2. The molecule has 1 aliphatic heterocycles. The molecule has 0 saturated heterocycles. The van der Waals surface area contributed by atoms with Gasteiger partial charge in [0.2, 0.25) is 0 Å². The van der Waals surface area contributed by atoms with Gasteiger partial charge < -0.3 is 25.8 Å². The number of sulfonamides is 1. The molecule has 1 aromatic heterocycles. The number of likely N-dealkylation sites (N-methyl/N-ethyl adjacent to an activating group) is 1. The van der Waals surface area contributed by atoms with Gasteiger partial charge in [0.1, 0.15) is 10.3 Å². The molecule has 0 unspecified atom stereocenters. The van der Waals surface area contributed by atoms with E-state index in [0.29, 0.717) is 36.6 Å². The number of nitrogens with two attached hydrogens (primary N) is 1. The predicted octanol–water partition coefficient (Wildman–Crippen LogP) is 4.74. The number of nitrogens with zero attached hydrogens (tertiary/aromatic N) is 2. The van der Waals surface area contributed by atoms with Crippen molar-refractivity contribution in [3.63, 3.8) is 0 Å². The van der Waals surface area contributed by atoms with Crippen LogP contribution < -0.4 is 20.5 Å². The zero-order valence-corrected chi connectivity index (χ0v) is 28.1. The summed E-state index contributed by atoms with van der Waals surface area (Å²) >= 11 is 1.09. The number of hydrogen-bond donors (Lipinski definition) is 4. The molecule has 5 rings (SSSR count). The van der Waals surface area contributed by atoms with Crippen molar-refractivity contribution in [1.29, 1.82) is 0 Å². The minimum absolute atomic E-state index is 0.139. The number of hydrogen-bond acceptors (Lipinski definition) is 9. The number of amides is 2. The fraction of sp³-hybridized carbons (Fsp3) is 0.294. The monoisotopic (exact) mass is 677 g/mol. The molecule has 2 amide bonds. The first-order valence-electron chi connectivity index (χ1n) is 15.2. The minimum atomic E-state index is -3.92. The number of benzene rings is 3. The van der Waals surface area contributed by atoms with Gasteiger partial charge in [-0.3, -0.25) is 19.2 Å². The Labute approximate surface area is 279 Å². The molecule has 13 heteroatoms. The van der Waals surface area contributed by atoms with Crippen LogP contribution >= 0.6 is 11.3 Å². The van der Waals surface area contributed by atoms with E-state index < -0.39 is 22.2 Å². The number of nitrogen functional groups attached to an aromatic ring is 1. The van der Waals surface area contributed by atoms with Gasteiger partial charge in [0.25, 0.3) is 21.8 Å². The van der Waals surface area contributed by atoms with E-state index in [4.69, 9.17) is 10.5 Å². The summed E-state index contributed by atoms with van der Waals surface area (Å²) in [7, 11) is -1.98. The smallest absolute Gasteiger partial charge is 0.271 e. The minimum Gasteiger partial charge on any atom is -0.486 e. The van der Waals surface area contributed by atoms with Gasteiger partial charge in [-0.1, -0.05) is 43.3 Å². The standard InChI is InChI=1S/C34H39N5O6S2/c1-22-18-39(23(2)21-40)34(42)26-8-6-11-29(37-47(43,44)31-12-7-17-46-31)32(26)45-30(22)20-38(3)19-24-13-15-25(16-14-24)33(41)36-28-10-5-4-9-27(28)35/h4-17,22-23,30,37,40H,18-21,35H2,1-3H3,(H,36,41)/t22-,23-,30-/m0/s1. The zero-order valence-electron chi connectivity index (χ0n) is 26.4. The molecular weight excluding hydrogens is 639 g/mol. The van der Waals surface area contributed by atoms with Crippen LogP contribution in [0.2, 0.25) is 0 Å². The van der Waals surface area contributed by atoms with E-state index in [9.17, 15) is 23.1 Å². The molecular formula is C34H39N5O6S2. The summed E-state index contributed by atoms with van der Waals surface area (Å²) in [6.07, 6.45) is -0.450. The number of para-hydroxylation sites is 3. The number of fused-ring (bicyclic) bond motifs is 1. The first kappa shape index (κ1) is 33.9. The molecule has 3 atom stereocenters. The molecule has 0 fully saturated rings. The average molecular weight is 678 g/mol. The highest BCUT2D eigenvalue weighted by atomic mass is 32.2. The van der Waals surface area contributed by atoms with E-state index in [-0.39, 0.29) is 45.5 Å². The molecule has 4 aromatic rings. The number of rotatable bonds is 11. The number of aliphatic hydroxyl groups is 1. The molecule has 11 nitrogen and oxygen atoms in total. The Balaban J connectivity index is 1.36. The second-order valence-corrected chi connectivity index (χ2v) is 14.6. The molecule has 0 saturated carbocycles. The fourth-order valence-electron chi connectivity index (χ4n) is 5.40. The van der Waals surface area contributed by atoms with Crippen LogP contribution in [0.3, 0.4) is 0 Å². The molecule has 47 heavy (non-hydrogen) atoms. The Hall–Kier alpha value is -4.43. The van der Waals surface area contributed by atoms with E-state index in [1.165, 1.54) is 6.07 Å². The van der Waals surface area contributed by atoms with Crippen LogP contribution in [0.25, 0.3) is 0 Å². The SMILES string of the molecule is C[C@H]1CN([C@@H](C)CO)C(=O)c2cccc(NS(=O)(=O)c3cccs3)c2O[C@H]1CN(C)Cc1ccc(C(=O)Nc2ccccc2N)cc1. The van der Waals surface area contributed by atoms with Crippen molar-refractivity contribution in [2.75, 3.05) is 42.5 Å². The number of nitrogens with one attached hydrogen (secondary N) is 2. The Morgan fingerprint density at radius 1 is 1.09 bits per heavy atom. The normalized spacial score (nSPS) is 17.3. The first-order chi connectivity index (χ1) is 22.5. The summed E-state index contributed by atoms with van der Waals surface area (Å²) in [4.78, 5) is 30.2. The number of carbonyl (C=O) groups is 2. The molecule has 0 bridgehead atoms. The van der Waals surface area contributed by atoms with Crippen molar-refractivity contribution >= 4 is 50.2 Å². The first-order valence-corrected chi connectivity index (χ1v) is 17.5. The third-order valence-electron chi connectivity index (χ3n) is 8.06. The van der Waals surface area contributed by atoms with E-state index in [1.54, 1.807) is 77.9 Å². The highest BCUT2D eigenvalue weighted by Crippen LogP contribution is 2.36. The van der Waals surface area contributed by atoms with Gasteiger partial charge in [-0.2, -0.15) is 0 Å². The number of ether oxygens (including phenoxy) is 1. The van der Waals surface area contributed by atoms with Gasteiger partial charge in [-0.15, -0.1) is 11.3 Å². The lowest BCUT2D eigenvalue weighted by Gasteiger charge is -2.38. The maximum Gasteiger partial charge on any atom is 0.271 e. The molecule has 1 aliphatic rings. The van der Waals surface area contributed by atoms with Crippen LogP contribution in [0.4, 0.5) is 17.1 Å². The lowest BCUT2D eigenvalue weighted by molar-refractivity contribution is 0.0344. The topological polar surface area (TPSA) is 154 Å². The highest BCUT2D eigenvalue weighted by molar-refractivity contribution is 7.94. The second-order valence-electron chi connectivity index (χ2n) is 11.8. The van der Waals surface area contributed by atoms with Gasteiger partial charge in [0, 0.05) is 31.1 Å². The van der Waals surface area contributed by atoms with Crippen LogP contribution in [0.1, 0.15) is 40.1 Å². The quantitative estimate of drug-likeness (QED) is 0.166. The zero-order chi connectivity index (χ0) is 33.7. The Kier molecular flexibility index (Phi) is 10.5. The molecule has 0 radical (unpaired) electrons. The van der Waals surface area contributed by atoms with Crippen LogP contribution in [-0.2, 0) is 16.6 Å². The van der Waals surface area contributed by atoms with E-state index in [1.807, 2.05) is 26.1 Å². The van der Waals surface area contributed by atoms with Crippen LogP contribution in [0.15, 0.2) is 88.5 Å². The predicted molar refractivity (Wildman–Crippen MR) is 184 cm³/mol. The van der Waals surface area contributed by atoms with Crippen LogP contribution in [0, 0.1) is 5.92 Å². The van der Waals surface area contributed by atoms with Gasteiger partial charge in [-0.25, -0.2) is 8.42 Å². The summed E-state index contributed by atoms with van der Waals surface area (Å²) in [6, 6.07) is 21.9. The van der Waals surface area contributed by atoms with Crippen molar-refractivity contribution < 1.29 is 27.9 Å². The summed E-state index contributed by atoms with van der Waals surface area (Å²) in [5.41, 5.74) is 8.83. The van der Waals surface area contributed by atoms with Gasteiger partial charge in [0.15, 0.2) is 5.75 Å². The van der Waals surface area contributed by atoms with Gasteiger partial charge in [-0.05, 0) is 67.4 Å². The van der Waals surface area contributed by atoms with Crippen molar-refractivity contribution in [3.8, 4) is 5.75 Å². The van der Waals surface area contributed by atoms with Crippen molar-refractivity contribution in [3.05, 3.63) is 101 Å². The molecule has 248 valence electrons. The summed E-state index contributed by atoms with van der Waals surface area (Å²) in [6.45, 7) is 4.83. The maximum atomic E-state index is 13.8. The van der Waals surface area contributed by atoms with E-state index in [2.05, 4.69) is 14.9 Å². The molecule has 2 heterocycles. The Morgan fingerprint density at radius 3 is 2.49 bits per heavy atom. The Bertz CT molecular complexity index is 1810. The summed E-state index contributed by atoms with van der Waals surface area (Å²) in [5, 5.41) is 14.5. The van der Waals surface area contributed by atoms with Gasteiger partial charge in [0.05, 0.1) is 35.3 Å². The molecule has 0 spiro atoms. The third kappa shape index (κ3) is 7.93. The van der Waals surface area contributed by atoms with Crippen molar-refractivity contribution in [2.24, 2.45) is 5.92 Å². The largest absolute Gasteiger partial charge is 0.486 e. The number of anilines is 3. The lowest BCUT2D eigenvalue weighted by Crippen LogP contribution is -2.49. The Morgan fingerprint density at radius 2 is 1.81 bits per heavy atom. The number of aliphatic hydroxyl groups excluding tert-OH is 1. The van der Waals surface area contributed by atoms with Crippen LogP contribution in [-0.4, -0.2) is 74.0 Å². The number of thiophene rings is 1. The summed E-state index contributed by atoms with van der Waals surface area (Å²) < 4.78 is 35.7. The molecule has 3 aromatic carbocycles. The highest BCUT2D eigenvalue weighted by Gasteiger charge is 2.35. The summed E-state index contributed by atoms with van der Waals surface area (Å²) in [5.74, 6) is -0.648. The van der Waals surface area contributed by atoms with E-state index in [0.717, 1.165) is 16.9 Å². The maximum absolute atomic E-state index is 13.8. The van der Waals surface area contributed by atoms with Crippen LogP contribution in [0.5, 0.6) is 5.75 Å². The molecule has 0 aliphatic carbocycles. The van der Waals surface area contributed by atoms with Crippen molar-refractivity contribution in [1.82, 2.24) is 9.80 Å². The molecule has 5 N–H and O–H groups in total. The second kappa shape index (κ2) is 14.6. The fourth-order valence-corrected chi connectivity index (χ4v) is 7.46.